The van der Waals surface area contributed by atoms with Crippen LogP contribution in [0.3, 0.4) is 0 Å². The van der Waals surface area contributed by atoms with Crippen molar-refractivity contribution in [2.45, 2.75) is 75.1 Å². The maximum absolute atomic E-state index is 14.2. The third-order valence-corrected chi connectivity index (χ3v) is 9.24. The molecule has 33 heavy (non-hydrogen) atoms. The summed E-state index contributed by atoms with van der Waals surface area (Å²) in [7, 11) is 0. The van der Waals surface area contributed by atoms with Crippen LogP contribution >= 0.6 is 11.8 Å². The number of carbonyl (C=O) groups excluding carboxylic acids is 3. The van der Waals surface area contributed by atoms with Crippen LogP contribution in [0.5, 0.6) is 0 Å². The van der Waals surface area contributed by atoms with Crippen LogP contribution in [0.1, 0.15) is 47.5 Å². The highest BCUT2D eigenvalue weighted by molar-refractivity contribution is 8.02. The van der Waals surface area contributed by atoms with Crippen LogP contribution in [-0.4, -0.2) is 80.1 Å². The van der Waals surface area contributed by atoms with Crippen molar-refractivity contribution < 1.29 is 24.2 Å². The predicted octanol–water partition coefficient (Wildman–Crippen LogP) is 2.64. The predicted molar refractivity (Wildman–Crippen MR) is 129 cm³/mol. The molecule has 184 valence electrons. The van der Waals surface area contributed by atoms with Gasteiger partial charge in [-0.05, 0) is 39.5 Å². The number of fused-ring (bicyclic) bond motifs is 1. The lowest BCUT2D eigenvalue weighted by Crippen LogP contribution is -2.61. The van der Waals surface area contributed by atoms with Gasteiger partial charge < -0.3 is 19.6 Å². The lowest BCUT2D eigenvalue weighted by molar-refractivity contribution is -0.154. The van der Waals surface area contributed by atoms with E-state index in [1.165, 1.54) is 6.08 Å². The van der Waals surface area contributed by atoms with Gasteiger partial charge in [0, 0.05) is 17.3 Å². The summed E-state index contributed by atoms with van der Waals surface area (Å²) in [4.78, 5) is 44.6. The Balaban J connectivity index is 2.12. The molecule has 3 rings (SSSR count). The fraction of sp³-hybridized carbons (Fsp3) is 0.720. The summed E-state index contributed by atoms with van der Waals surface area (Å²) in [6, 6.07) is -1.26. The Morgan fingerprint density at radius 2 is 2.00 bits per heavy atom. The van der Waals surface area contributed by atoms with E-state index in [0.717, 1.165) is 6.42 Å². The minimum atomic E-state index is -0.749. The van der Waals surface area contributed by atoms with Gasteiger partial charge in [-0.25, -0.2) is 0 Å². The fourth-order valence-corrected chi connectivity index (χ4v) is 8.01. The molecule has 0 radical (unpaired) electrons. The molecule has 2 amide bonds. The molecule has 3 aliphatic heterocycles. The summed E-state index contributed by atoms with van der Waals surface area (Å²) in [6.45, 7) is 17.4. The molecule has 3 heterocycles. The number of nitrogens with zero attached hydrogens (tertiary/aromatic N) is 2. The van der Waals surface area contributed by atoms with Crippen molar-refractivity contribution in [3.8, 4) is 0 Å². The molecular weight excluding hydrogens is 440 g/mol. The molecule has 3 saturated heterocycles. The Hall–Kier alpha value is -1.80. The van der Waals surface area contributed by atoms with Crippen LogP contribution in [0, 0.1) is 17.8 Å². The Labute approximate surface area is 201 Å². The maximum atomic E-state index is 14.2. The highest BCUT2D eigenvalue weighted by Crippen LogP contribution is 2.67. The molecule has 0 aromatic carbocycles. The van der Waals surface area contributed by atoms with Gasteiger partial charge in [0.25, 0.3) is 0 Å². The van der Waals surface area contributed by atoms with Crippen molar-refractivity contribution in [2.24, 2.45) is 17.8 Å². The summed E-state index contributed by atoms with van der Waals surface area (Å²) >= 11 is 1.60. The molecule has 1 spiro atoms. The second-order valence-electron chi connectivity index (χ2n) is 10.6. The number of likely N-dealkylation sites (tertiary alicyclic amines) is 1. The van der Waals surface area contributed by atoms with Gasteiger partial charge in [0.05, 0.1) is 29.2 Å². The first-order valence-corrected chi connectivity index (χ1v) is 12.6. The number of rotatable bonds is 9. The van der Waals surface area contributed by atoms with E-state index in [1.807, 2.05) is 34.6 Å². The van der Waals surface area contributed by atoms with Crippen LogP contribution in [0.4, 0.5) is 0 Å². The number of aliphatic hydroxyl groups excluding tert-OH is 1. The van der Waals surface area contributed by atoms with Gasteiger partial charge in [0.1, 0.15) is 12.6 Å². The third-order valence-electron chi connectivity index (χ3n) is 7.29. The Morgan fingerprint density at radius 3 is 2.52 bits per heavy atom. The molecule has 0 aromatic heterocycles. The zero-order chi connectivity index (χ0) is 24.7. The molecule has 3 fully saturated rings. The van der Waals surface area contributed by atoms with E-state index in [9.17, 15) is 19.5 Å². The molecule has 0 aliphatic carbocycles. The van der Waals surface area contributed by atoms with E-state index < -0.39 is 40.2 Å². The third kappa shape index (κ3) is 4.14. The minimum absolute atomic E-state index is 0.0529. The van der Waals surface area contributed by atoms with Crippen molar-refractivity contribution in [1.29, 1.82) is 0 Å². The first kappa shape index (κ1) is 25.8. The van der Waals surface area contributed by atoms with E-state index in [0.29, 0.717) is 13.0 Å². The highest BCUT2D eigenvalue weighted by Gasteiger charge is 2.75. The molecule has 2 bridgehead atoms. The van der Waals surface area contributed by atoms with Gasteiger partial charge in [-0.1, -0.05) is 32.6 Å². The minimum Gasteiger partial charge on any atom is -0.461 e. The standard InChI is InChI=1S/C25H38N2O5S/c1-8-12-26(24(5,6)7)22(30)20-25-11-10-17(33-25)18(23(31)32-13-9-2)19(25)21(29)27(20)16(14-28)15(3)4/h8-9,15-20,28H,1-2,10-14H2,3-7H3/t16-,17+,18-,19-,20?,25?/m0/s1. The zero-order valence-corrected chi connectivity index (χ0v) is 21.3. The van der Waals surface area contributed by atoms with Crippen molar-refractivity contribution >= 4 is 29.5 Å². The van der Waals surface area contributed by atoms with Crippen LogP contribution in [0.2, 0.25) is 0 Å². The largest absolute Gasteiger partial charge is 0.461 e. The van der Waals surface area contributed by atoms with Crippen LogP contribution in [-0.2, 0) is 19.1 Å². The fourth-order valence-electron chi connectivity index (χ4n) is 5.82. The van der Waals surface area contributed by atoms with Crippen molar-refractivity contribution in [2.75, 3.05) is 19.8 Å². The number of carbonyl (C=O) groups is 3. The van der Waals surface area contributed by atoms with E-state index in [4.69, 9.17) is 4.74 Å². The van der Waals surface area contributed by atoms with Crippen molar-refractivity contribution in [3.63, 3.8) is 0 Å². The number of ether oxygens (including phenoxy) is 1. The quantitative estimate of drug-likeness (QED) is 0.405. The monoisotopic (exact) mass is 478 g/mol. The topological polar surface area (TPSA) is 87.1 Å². The van der Waals surface area contributed by atoms with E-state index in [2.05, 4.69) is 13.2 Å². The Bertz CT molecular complexity index is 822. The maximum Gasteiger partial charge on any atom is 0.311 e. The van der Waals surface area contributed by atoms with Gasteiger partial charge in [0.15, 0.2) is 0 Å². The zero-order valence-electron chi connectivity index (χ0n) is 20.5. The molecule has 8 heteroatoms. The molecule has 6 atom stereocenters. The summed E-state index contributed by atoms with van der Waals surface area (Å²) in [5, 5.41) is 10.2. The Morgan fingerprint density at radius 1 is 1.33 bits per heavy atom. The van der Waals surface area contributed by atoms with Crippen molar-refractivity contribution in [1.82, 2.24) is 9.80 Å². The highest BCUT2D eigenvalue weighted by atomic mass is 32.2. The molecule has 0 saturated carbocycles. The molecule has 2 unspecified atom stereocenters. The van der Waals surface area contributed by atoms with Gasteiger partial charge in [-0.15, -0.1) is 18.3 Å². The Kier molecular flexibility index (Phi) is 7.39. The van der Waals surface area contributed by atoms with E-state index >= 15 is 0 Å². The summed E-state index contributed by atoms with van der Waals surface area (Å²) < 4.78 is 4.68. The average Bonchev–Trinajstić information content (AvgIpc) is 3.37. The molecule has 1 N–H and O–H groups in total. The first-order valence-electron chi connectivity index (χ1n) is 11.8. The number of thioether (sulfide) groups is 1. The lowest BCUT2D eigenvalue weighted by Gasteiger charge is -2.44. The van der Waals surface area contributed by atoms with Crippen LogP contribution in [0.15, 0.2) is 25.3 Å². The first-order chi connectivity index (χ1) is 15.5. The molecular formula is C25H38N2O5S. The second kappa shape index (κ2) is 9.45. The lowest BCUT2D eigenvalue weighted by atomic mass is 9.71. The normalized spacial score (nSPS) is 31.5. The van der Waals surface area contributed by atoms with Gasteiger partial charge >= 0.3 is 5.97 Å². The molecule has 3 aliphatic rings. The summed E-state index contributed by atoms with van der Waals surface area (Å²) in [5.41, 5.74) is -0.481. The number of amides is 2. The second-order valence-corrected chi connectivity index (χ2v) is 12.2. The number of aliphatic hydroxyl groups is 1. The van der Waals surface area contributed by atoms with Crippen molar-refractivity contribution in [3.05, 3.63) is 25.3 Å². The smallest absolute Gasteiger partial charge is 0.311 e. The SMILES string of the molecule is C=CCOC(=O)[C@@H]1[C@H]2C(=O)N([C@@H](CO)C(C)C)C(C(=O)N(CC=C)C(C)(C)C)C23CC[C@H]1S3. The van der Waals surface area contributed by atoms with Gasteiger partial charge in [-0.2, -0.15) is 0 Å². The summed E-state index contributed by atoms with van der Waals surface area (Å²) in [5.74, 6) is -2.05. The molecule has 7 nitrogen and oxygen atoms in total. The number of hydrogen-bond acceptors (Lipinski definition) is 6. The number of hydrogen-bond donors (Lipinski definition) is 1. The number of esters is 1. The van der Waals surface area contributed by atoms with E-state index in [-0.39, 0.29) is 36.2 Å². The van der Waals surface area contributed by atoms with Crippen LogP contribution in [0.25, 0.3) is 0 Å². The van der Waals surface area contributed by atoms with E-state index in [1.54, 1.807) is 27.6 Å². The van der Waals surface area contributed by atoms with Crippen LogP contribution < -0.4 is 0 Å². The summed E-state index contributed by atoms with van der Waals surface area (Å²) in [6.07, 6.45) is 4.64. The van der Waals surface area contributed by atoms with Gasteiger partial charge in [-0.3, -0.25) is 14.4 Å². The molecule has 0 aromatic rings. The van der Waals surface area contributed by atoms with Gasteiger partial charge in [0.2, 0.25) is 11.8 Å². The average molecular weight is 479 g/mol.